The molecule has 4 rings (SSSR count). The van der Waals surface area contributed by atoms with Gasteiger partial charge < -0.3 is 10.2 Å². The van der Waals surface area contributed by atoms with E-state index in [1.54, 1.807) is 11.3 Å². The van der Waals surface area contributed by atoms with Crippen molar-refractivity contribution in [3.05, 3.63) is 33.4 Å². The molecule has 0 radical (unpaired) electrons. The van der Waals surface area contributed by atoms with E-state index in [1.807, 2.05) is 5.51 Å². The number of hydrogen-bond donors (Lipinski definition) is 1. The number of nitrogens with one attached hydrogen (secondary N) is 1. The number of aromatic nitrogens is 3. The van der Waals surface area contributed by atoms with Gasteiger partial charge in [0.2, 0.25) is 0 Å². The molecule has 2 aromatic heterocycles. The molecule has 2 aromatic rings. The largest absolute Gasteiger partial charge is 0.354 e. The molecular weight excluding hydrogens is 294 g/mol. The van der Waals surface area contributed by atoms with Crippen molar-refractivity contribution in [2.45, 2.75) is 32.7 Å². The molecule has 0 unspecified atom stereocenters. The Morgan fingerprint density at radius 3 is 3.05 bits per heavy atom. The number of nitrogens with zero attached hydrogens (tertiary/aromatic N) is 4. The standard InChI is InChI=1S/C16H21N5S/c1-11-15(22-10-18-11)7-17-6-12-8-21(9-12)16-5-13-3-2-4-14(13)19-20-16/h5,10,12,17H,2-4,6-9H2,1H3. The van der Waals surface area contributed by atoms with Gasteiger partial charge in [-0.2, -0.15) is 5.10 Å². The Morgan fingerprint density at radius 1 is 1.32 bits per heavy atom. The SMILES string of the molecule is Cc1ncsc1CNCC1CN(c2cc3c(nn2)CCC3)C1. The number of aryl methyl sites for hydroxylation is 3. The lowest BCUT2D eigenvalue weighted by Crippen LogP contribution is -2.51. The van der Waals surface area contributed by atoms with Crippen LogP contribution in [0.3, 0.4) is 0 Å². The third-order valence-corrected chi connectivity index (χ3v) is 5.59. The third-order valence-electron chi connectivity index (χ3n) is 4.65. The molecule has 116 valence electrons. The van der Waals surface area contributed by atoms with Crippen molar-refractivity contribution >= 4 is 17.2 Å². The Morgan fingerprint density at radius 2 is 2.23 bits per heavy atom. The minimum Gasteiger partial charge on any atom is -0.354 e. The predicted molar refractivity (Wildman–Crippen MR) is 88.3 cm³/mol. The molecule has 0 bridgehead atoms. The molecule has 1 aliphatic carbocycles. The predicted octanol–water partition coefficient (Wildman–Crippen LogP) is 1.96. The van der Waals surface area contributed by atoms with Gasteiger partial charge in [0.1, 0.15) is 0 Å². The zero-order valence-electron chi connectivity index (χ0n) is 12.9. The van der Waals surface area contributed by atoms with Crippen molar-refractivity contribution in [2.24, 2.45) is 5.92 Å². The normalized spacial score (nSPS) is 17.6. The van der Waals surface area contributed by atoms with E-state index in [0.717, 1.165) is 44.1 Å². The first kappa shape index (κ1) is 14.1. The molecule has 1 aliphatic heterocycles. The highest BCUT2D eigenvalue weighted by Gasteiger charge is 2.28. The zero-order valence-corrected chi connectivity index (χ0v) is 13.7. The molecule has 0 atom stereocenters. The van der Waals surface area contributed by atoms with Crippen molar-refractivity contribution in [3.8, 4) is 0 Å². The van der Waals surface area contributed by atoms with E-state index in [2.05, 4.69) is 38.4 Å². The summed E-state index contributed by atoms with van der Waals surface area (Å²) in [5, 5.41) is 12.3. The summed E-state index contributed by atoms with van der Waals surface area (Å²) in [5.41, 5.74) is 5.69. The first-order valence-corrected chi connectivity index (χ1v) is 8.87. The van der Waals surface area contributed by atoms with Gasteiger partial charge in [0.25, 0.3) is 0 Å². The fourth-order valence-corrected chi connectivity index (χ4v) is 3.99. The Bertz CT molecular complexity index is 662. The fraction of sp³-hybridized carbons (Fsp3) is 0.562. The molecule has 3 heterocycles. The maximum absolute atomic E-state index is 4.39. The molecule has 0 aromatic carbocycles. The molecule has 22 heavy (non-hydrogen) atoms. The third kappa shape index (κ3) is 2.73. The van der Waals surface area contributed by atoms with Crippen LogP contribution in [0.25, 0.3) is 0 Å². The van der Waals surface area contributed by atoms with Crippen molar-refractivity contribution in [3.63, 3.8) is 0 Å². The monoisotopic (exact) mass is 315 g/mol. The molecule has 1 saturated heterocycles. The summed E-state index contributed by atoms with van der Waals surface area (Å²) < 4.78 is 0. The van der Waals surface area contributed by atoms with Gasteiger partial charge in [0, 0.05) is 37.0 Å². The number of hydrogen-bond acceptors (Lipinski definition) is 6. The second kappa shape index (κ2) is 5.93. The molecule has 2 aliphatic rings. The van der Waals surface area contributed by atoms with Crippen LogP contribution in [0.15, 0.2) is 11.6 Å². The van der Waals surface area contributed by atoms with Gasteiger partial charge in [-0.25, -0.2) is 4.98 Å². The molecule has 0 amide bonds. The Hall–Kier alpha value is -1.53. The summed E-state index contributed by atoms with van der Waals surface area (Å²) >= 11 is 1.73. The Balaban J connectivity index is 1.25. The lowest BCUT2D eigenvalue weighted by atomic mass is 10.00. The molecule has 1 N–H and O–H groups in total. The van der Waals surface area contributed by atoms with Crippen LogP contribution < -0.4 is 10.2 Å². The maximum atomic E-state index is 4.39. The lowest BCUT2D eigenvalue weighted by Gasteiger charge is -2.40. The first-order chi connectivity index (χ1) is 10.8. The van der Waals surface area contributed by atoms with Gasteiger partial charge in [-0.05, 0) is 37.8 Å². The number of anilines is 1. The van der Waals surface area contributed by atoms with E-state index in [9.17, 15) is 0 Å². The van der Waals surface area contributed by atoms with E-state index in [-0.39, 0.29) is 0 Å². The van der Waals surface area contributed by atoms with Crippen LogP contribution in [0.4, 0.5) is 5.82 Å². The lowest BCUT2D eigenvalue weighted by molar-refractivity contribution is 0.381. The average Bonchev–Trinajstić information content (AvgIpc) is 3.09. The average molecular weight is 315 g/mol. The molecule has 5 nitrogen and oxygen atoms in total. The maximum Gasteiger partial charge on any atom is 0.151 e. The summed E-state index contributed by atoms with van der Waals surface area (Å²) in [7, 11) is 0. The highest BCUT2D eigenvalue weighted by molar-refractivity contribution is 7.09. The zero-order chi connectivity index (χ0) is 14.9. The Labute approximate surface area is 134 Å². The van der Waals surface area contributed by atoms with Crippen molar-refractivity contribution in [2.75, 3.05) is 24.5 Å². The number of fused-ring (bicyclic) bond motifs is 1. The van der Waals surface area contributed by atoms with Crippen LogP contribution in [-0.4, -0.2) is 34.8 Å². The van der Waals surface area contributed by atoms with Crippen LogP contribution in [-0.2, 0) is 19.4 Å². The van der Waals surface area contributed by atoms with E-state index in [0.29, 0.717) is 5.92 Å². The van der Waals surface area contributed by atoms with Gasteiger partial charge in [0.05, 0.1) is 16.9 Å². The number of rotatable bonds is 5. The van der Waals surface area contributed by atoms with Gasteiger partial charge in [-0.3, -0.25) is 0 Å². The van der Waals surface area contributed by atoms with Crippen molar-refractivity contribution in [1.82, 2.24) is 20.5 Å². The molecule has 1 fully saturated rings. The van der Waals surface area contributed by atoms with Gasteiger partial charge in [-0.15, -0.1) is 16.4 Å². The van der Waals surface area contributed by atoms with Crippen LogP contribution in [0, 0.1) is 12.8 Å². The molecule has 6 heteroatoms. The van der Waals surface area contributed by atoms with E-state index in [4.69, 9.17) is 0 Å². The van der Waals surface area contributed by atoms with Gasteiger partial charge in [0.15, 0.2) is 5.82 Å². The van der Waals surface area contributed by atoms with E-state index >= 15 is 0 Å². The van der Waals surface area contributed by atoms with E-state index < -0.39 is 0 Å². The van der Waals surface area contributed by atoms with Crippen LogP contribution in [0.1, 0.15) is 28.2 Å². The van der Waals surface area contributed by atoms with Crippen molar-refractivity contribution < 1.29 is 0 Å². The minimum absolute atomic E-state index is 0.711. The summed E-state index contributed by atoms with van der Waals surface area (Å²) in [6.07, 6.45) is 3.51. The molecule has 0 saturated carbocycles. The van der Waals surface area contributed by atoms with Crippen molar-refractivity contribution in [1.29, 1.82) is 0 Å². The second-order valence-corrected chi connectivity index (χ2v) is 7.23. The van der Waals surface area contributed by atoms with Gasteiger partial charge >= 0.3 is 0 Å². The van der Waals surface area contributed by atoms with Crippen LogP contribution in [0.2, 0.25) is 0 Å². The topological polar surface area (TPSA) is 53.9 Å². The molecule has 0 spiro atoms. The Kier molecular flexibility index (Phi) is 3.80. The highest BCUT2D eigenvalue weighted by Crippen LogP contribution is 2.26. The minimum atomic E-state index is 0.711. The highest BCUT2D eigenvalue weighted by atomic mass is 32.1. The summed E-state index contributed by atoms with van der Waals surface area (Å²) in [6, 6.07) is 2.25. The smallest absolute Gasteiger partial charge is 0.151 e. The second-order valence-electron chi connectivity index (χ2n) is 6.29. The summed E-state index contributed by atoms with van der Waals surface area (Å²) in [4.78, 5) is 7.97. The van der Waals surface area contributed by atoms with Crippen LogP contribution >= 0.6 is 11.3 Å². The number of thiazole rings is 1. The van der Waals surface area contributed by atoms with E-state index in [1.165, 1.54) is 29.0 Å². The van der Waals surface area contributed by atoms with Crippen LogP contribution in [0.5, 0.6) is 0 Å². The summed E-state index contributed by atoms with van der Waals surface area (Å²) in [6.45, 7) is 6.24. The quantitative estimate of drug-likeness (QED) is 0.914. The fourth-order valence-electron chi connectivity index (χ4n) is 3.24. The summed E-state index contributed by atoms with van der Waals surface area (Å²) in [5.74, 6) is 1.78. The van der Waals surface area contributed by atoms with Gasteiger partial charge in [-0.1, -0.05) is 0 Å². The molecular formula is C16H21N5S. The first-order valence-electron chi connectivity index (χ1n) is 7.99.